The molecule has 1 fully saturated rings. The summed E-state index contributed by atoms with van der Waals surface area (Å²) in [5.74, 6) is -0.224. The maximum absolute atomic E-state index is 13.3. The topological polar surface area (TPSA) is 81.9 Å². The molecule has 2 aliphatic rings. The lowest BCUT2D eigenvalue weighted by Crippen LogP contribution is -2.38. The summed E-state index contributed by atoms with van der Waals surface area (Å²) in [4.78, 5) is 20.7. The Morgan fingerprint density at radius 1 is 1.13 bits per heavy atom. The number of aryl methyl sites for hydroxylation is 2. The monoisotopic (exact) mass is 413 g/mol. The standard InChI is InChI=1S/C21H21F2N5O2/c22-19(23)21-24-15-8-4-2-6-13(15)20(26-21)25-16-10-30-11-17(16)28-18(29)9-12-5-1-3-7-14(12)27-28/h2,4,6,8-9,16-17,19H,1,3,5,7,10-11H2,(H,24,25,26). The number of hydrogen-bond donors (Lipinski definition) is 1. The molecule has 2 unspecified atom stereocenters. The number of fused-ring (bicyclic) bond motifs is 2. The average Bonchev–Trinajstić information content (AvgIpc) is 3.21. The highest BCUT2D eigenvalue weighted by Gasteiger charge is 2.33. The molecule has 2 atom stereocenters. The minimum Gasteiger partial charge on any atom is -0.377 e. The molecule has 5 rings (SSSR count). The van der Waals surface area contributed by atoms with Crippen molar-refractivity contribution in [2.24, 2.45) is 0 Å². The molecule has 0 amide bonds. The van der Waals surface area contributed by atoms with Crippen molar-refractivity contribution in [2.75, 3.05) is 18.5 Å². The first-order valence-corrected chi connectivity index (χ1v) is 10.1. The van der Waals surface area contributed by atoms with Gasteiger partial charge in [0, 0.05) is 11.5 Å². The molecule has 0 spiro atoms. The molecular formula is C21H21F2N5O2. The third-order valence-corrected chi connectivity index (χ3v) is 5.73. The van der Waals surface area contributed by atoms with Crippen LogP contribution in [0.4, 0.5) is 14.6 Å². The van der Waals surface area contributed by atoms with Crippen molar-refractivity contribution in [3.63, 3.8) is 0 Å². The molecule has 0 radical (unpaired) electrons. The van der Waals surface area contributed by atoms with Crippen LogP contribution in [0.3, 0.4) is 0 Å². The van der Waals surface area contributed by atoms with Crippen LogP contribution in [0.25, 0.3) is 10.9 Å². The van der Waals surface area contributed by atoms with Gasteiger partial charge in [0.25, 0.3) is 12.0 Å². The number of benzene rings is 1. The Kier molecular flexibility index (Phi) is 4.90. The summed E-state index contributed by atoms with van der Waals surface area (Å²) in [5, 5.41) is 8.49. The van der Waals surface area contributed by atoms with Crippen LogP contribution < -0.4 is 10.9 Å². The van der Waals surface area contributed by atoms with E-state index >= 15 is 0 Å². The highest BCUT2D eigenvalue weighted by atomic mass is 19.3. The number of aromatic nitrogens is 4. The number of para-hydroxylation sites is 1. The summed E-state index contributed by atoms with van der Waals surface area (Å²) in [6, 6.07) is 7.98. The second kappa shape index (κ2) is 7.71. The van der Waals surface area contributed by atoms with Gasteiger partial charge in [-0.3, -0.25) is 4.79 Å². The minimum atomic E-state index is -2.78. The molecule has 0 saturated carbocycles. The lowest BCUT2D eigenvalue weighted by atomic mass is 9.97. The van der Waals surface area contributed by atoms with Gasteiger partial charge in [0.05, 0.1) is 30.5 Å². The molecule has 156 valence electrons. The van der Waals surface area contributed by atoms with Gasteiger partial charge in [-0.15, -0.1) is 0 Å². The Bertz CT molecular complexity index is 1150. The van der Waals surface area contributed by atoms with Crippen molar-refractivity contribution in [1.82, 2.24) is 19.7 Å². The number of ether oxygens (including phenoxy) is 1. The number of nitrogens with zero attached hydrogens (tertiary/aromatic N) is 4. The second-order valence-corrected chi connectivity index (χ2v) is 7.71. The van der Waals surface area contributed by atoms with Crippen molar-refractivity contribution in [3.05, 3.63) is 57.8 Å². The molecule has 0 bridgehead atoms. The number of halogens is 2. The van der Waals surface area contributed by atoms with E-state index in [0.29, 0.717) is 29.9 Å². The lowest BCUT2D eigenvalue weighted by Gasteiger charge is -2.23. The van der Waals surface area contributed by atoms with Crippen LogP contribution >= 0.6 is 0 Å². The Morgan fingerprint density at radius 3 is 2.83 bits per heavy atom. The summed E-state index contributed by atoms with van der Waals surface area (Å²) in [6.07, 6.45) is 1.09. The SMILES string of the molecule is O=c1cc2c(nn1C1COCC1Nc1nc(C(F)F)nc3ccccc13)CCCC2. The van der Waals surface area contributed by atoms with Gasteiger partial charge in [-0.05, 0) is 43.4 Å². The number of hydrogen-bond acceptors (Lipinski definition) is 6. The van der Waals surface area contributed by atoms with Crippen molar-refractivity contribution in [2.45, 2.75) is 44.2 Å². The zero-order chi connectivity index (χ0) is 20.7. The largest absolute Gasteiger partial charge is 0.377 e. The normalized spacial score (nSPS) is 21.2. The Balaban J connectivity index is 1.51. The summed E-state index contributed by atoms with van der Waals surface area (Å²) in [6.45, 7) is 0.631. The molecule has 30 heavy (non-hydrogen) atoms. The zero-order valence-electron chi connectivity index (χ0n) is 16.2. The third kappa shape index (κ3) is 3.43. The first kappa shape index (κ1) is 19.0. The first-order valence-electron chi connectivity index (χ1n) is 10.1. The summed E-state index contributed by atoms with van der Waals surface area (Å²) >= 11 is 0. The van der Waals surface area contributed by atoms with E-state index in [-0.39, 0.29) is 17.6 Å². The van der Waals surface area contributed by atoms with Crippen molar-refractivity contribution < 1.29 is 13.5 Å². The first-order chi connectivity index (χ1) is 14.6. The molecule has 2 aromatic heterocycles. The van der Waals surface area contributed by atoms with Crippen molar-refractivity contribution in [1.29, 1.82) is 0 Å². The predicted molar refractivity (Wildman–Crippen MR) is 107 cm³/mol. The minimum absolute atomic E-state index is 0.168. The Labute approximate surface area is 171 Å². The van der Waals surface area contributed by atoms with E-state index in [2.05, 4.69) is 20.4 Å². The molecule has 1 aliphatic carbocycles. The quantitative estimate of drug-likeness (QED) is 0.708. The van der Waals surface area contributed by atoms with Gasteiger partial charge in [0.15, 0.2) is 5.82 Å². The van der Waals surface area contributed by atoms with E-state index in [0.717, 1.165) is 36.9 Å². The molecule has 3 aromatic rings. The smallest absolute Gasteiger partial charge is 0.297 e. The molecule has 1 aromatic carbocycles. The average molecular weight is 413 g/mol. The fourth-order valence-corrected chi connectivity index (χ4v) is 4.21. The van der Waals surface area contributed by atoms with E-state index in [1.807, 2.05) is 0 Å². The molecule has 1 N–H and O–H groups in total. The Hall–Kier alpha value is -2.94. The summed E-state index contributed by atoms with van der Waals surface area (Å²) < 4.78 is 33.7. The van der Waals surface area contributed by atoms with Crippen LogP contribution in [0, 0.1) is 0 Å². The van der Waals surface area contributed by atoms with Crippen molar-refractivity contribution >= 4 is 16.7 Å². The van der Waals surface area contributed by atoms with Crippen LogP contribution in [0.1, 0.15) is 42.4 Å². The van der Waals surface area contributed by atoms with Crippen molar-refractivity contribution in [3.8, 4) is 0 Å². The van der Waals surface area contributed by atoms with Crippen LogP contribution in [0.5, 0.6) is 0 Å². The van der Waals surface area contributed by atoms with E-state index in [9.17, 15) is 13.6 Å². The van der Waals surface area contributed by atoms with Gasteiger partial charge in [0.1, 0.15) is 11.9 Å². The molecule has 1 aliphatic heterocycles. The number of nitrogens with one attached hydrogen (secondary N) is 1. The maximum Gasteiger partial charge on any atom is 0.297 e. The molecular weight excluding hydrogens is 392 g/mol. The molecule has 9 heteroatoms. The Morgan fingerprint density at radius 2 is 1.97 bits per heavy atom. The van der Waals surface area contributed by atoms with Crippen LogP contribution in [-0.4, -0.2) is 39.0 Å². The van der Waals surface area contributed by atoms with Crippen LogP contribution in [0.2, 0.25) is 0 Å². The number of rotatable bonds is 4. The number of anilines is 1. The van der Waals surface area contributed by atoms with E-state index < -0.39 is 12.2 Å². The molecule has 7 nitrogen and oxygen atoms in total. The highest BCUT2D eigenvalue weighted by Crippen LogP contribution is 2.28. The van der Waals surface area contributed by atoms with Crippen LogP contribution in [-0.2, 0) is 17.6 Å². The van der Waals surface area contributed by atoms with Gasteiger partial charge < -0.3 is 10.1 Å². The highest BCUT2D eigenvalue weighted by molar-refractivity contribution is 5.89. The van der Waals surface area contributed by atoms with Gasteiger partial charge in [-0.1, -0.05) is 12.1 Å². The van der Waals surface area contributed by atoms with E-state index in [4.69, 9.17) is 4.74 Å². The van der Waals surface area contributed by atoms with Gasteiger partial charge in [-0.2, -0.15) is 5.10 Å². The van der Waals surface area contributed by atoms with Gasteiger partial charge in [-0.25, -0.2) is 23.4 Å². The summed E-state index contributed by atoms with van der Waals surface area (Å²) in [5.41, 5.74) is 2.25. The zero-order valence-corrected chi connectivity index (χ0v) is 16.2. The fraction of sp³-hybridized carbons (Fsp3) is 0.429. The number of alkyl halides is 2. The predicted octanol–water partition coefficient (Wildman–Crippen LogP) is 3.05. The fourth-order valence-electron chi connectivity index (χ4n) is 4.21. The lowest BCUT2D eigenvalue weighted by molar-refractivity contribution is 0.141. The second-order valence-electron chi connectivity index (χ2n) is 7.71. The maximum atomic E-state index is 13.3. The summed E-state index contributed by atoms with van der Waals surface area (Å²) in [7, 11) is 0. The van der Waals surface area contributed by atoms with Crippen LogP contribution in [0.15, 0.2) is 35.1 Å². The van der Waals surface area contributed by atoms with Gasteiger partial charge in [0.2, 0.25) is 0 Å². The van der Waals surface area contributed by atoms with Gasteiger partial charge >= 0.3 is 0 Å². The molecule has 1 saturated heterocycles. The van der Waals surface area contributed by atoms with E-state index in [1.54, 1.807) is 30.3 Å². The van der Waals surface area contributed by atoms with E-state index in [1.165, 1.54) is 4.68 Å². The molecule has 3 heterocycles. The third-order valence-electron chi connectivity index (χ3n) is 5.73.